The molecule has 11 heteroatoms. The highest BCUT2D eigenvalue weighted by molar-refractivity contribution is 7.89. The van der Waals surface area contributed by atoms with Gasteiger partial charge in [0.2, 0.25) is 10.0 Å². The van der Waals surface area contributed by atoms with Gasteiger partial charge in [0.15, 0.2) is 0 Å². The number of hydrogen-bond acceptors (Lipinski definition) is 7. The maximum absolute atomic E-state index is 12.7. The summed E-state index contributed by atoms with van der Waals surface area (Å²) in [5, 5.41) is 5.50. The van der Waals surface area contributed by atoms with Crippen molar-refractivity contribution in [2.24, 2.45) is 12.1 Å². The van der Waals surface area contributed by atoms with Crippen molar-refractivity contribution in [2.45, 2.75) is 4.90 Å². The molecule has 3 rings (SSSR count). The lowest BCUT2D eigenvalue weighted by atomic mass is 10.2. The van der Waals surface area contributed by atoms with Gasteiger partial charge in [-0.05, 0) is 17.7 Å². The largest absolute Gasteiger partial charge is 0.379 e. The summed E-state index contributed by atoms with van der Waals surface area (Å²) in [4.78, 5) is 26.1. The smallest absolute Gasteiger partial charge is 0.329 e. The highest BCUT2D eigenvalue weighted by Crippen LogP contribution is 2.18. The van der Waals surface area contributed by atoms with E-state index in [2.05, 4.69) is 10.1 Å². The minimum absolute atomic E-state index is 0.169. The molecule has 1 aromatic heterocycles. The number of anilines is 1. The molecule has 1 aliphatic heterocycles. The molecule has 1 aliphatic rings. The molecule has 0 amide bonds. The average Bonchev–Trinajstić information content (AvgIpc) is 2.70. The van der Waals surface area contributed by atoms with Gasteiger partial charge in [-0.2, -0.15) is 9.41 Å². The van der Waals surface area contributed by atoms with E-state index in [4.69, 9.17) is 4.74 Å². The van der Waals surface area contributed by atoms with Crippen LogP contribution in [0.15, 0.2) is 49.9 Å². The van der Waals surface area contributed by atoms with Crippen LogP contribution in [0.3, 0.4) is 0 Å². The first-order valence-electron chi connectivity index (χ1n) is 8.55. The van der Waals surface area contributed by atoms with Crippen LogP contribution in [-0.2, 0) is 21.8 Å². The first kappa shape index (κ1) is 20.0. The van der Waals surface area contributed by atoms with Crippen molar-refractivity contribution < 1.29 is 13.2 Å². The van der Waals surface area contributed by atoms with Crippen LogP contribution in [0.2, 0.25) is 0 Å². The molecule has 2 aromatic rings. The number of H-pyrrole nitrogens is 1. The van der Waals surface area contributed by atoms with Crippen LogP contribution in [0, 0.1) is 0 Å². The predicted molar refractivity (Wildman–Crippen MR) is 104 cm³/mol. The predicted octanol–water partition coefficient (Wildman–Crippen LogP) is -0.435. The lowest BCUT2D eigenvalue weighted by Crippen LogP contribution is -2.40. The number of rotatable bonds is 5. The van der Waals surface area contributed by atoms with Crippen molar-refractivity contribution in [1.82, 2.24) is 13.9 Å². The second-order valence-electron chi connectivity index (χ2n) is 6.21. The van der Waals surface area contributed by atoms with Gasteiger partial charge in [0.25, 0.3) is 5.56 Å². The second-order valence-corrected chi connectivity index (χ2v) is 8.15. The summed E-state index contributed by atoms with van der Waals surface area (Å²) in [6.45, 7) is 1.39. The standard InChI is InChI=1S/C17H21N5O5S/c1-20-16(23)11-15(19-17(20)24)21(2)18-12-13-4-3-5-14(10-13)28(25,26)22-6-8-27-9-7-22/h3-5,10-12H,6-9H2,1-2H3,(H,19,24)/b18-12+. The highest BCUT2D eigenvalue weighted by Gasteiger charge is 2.26. The van der Waals surface area contributed by atoms with Crippen molar-refractivity contribution in [3.63, 3.8) is 0 Å². The number of morpholine rings is 1. The van der Waals surface area contributed by atoms with E-state index < -0.39 is 21.3 Å². The zero-order valence-electron chi connectivity index (χ0n) is 15.5. The van der Waals surface area contributed by atoms with Crippen LogP contribution < -0.4 is 16.3 Å². The summed E-state index contributed by atoms with van der Waals surface area (Å²) in [6, 6.07) is 7.65. The molecule has 0 aliphatic carbocycles. The van der Waals surface area contributed by atoms with Crippen molar-refractivity contribution in [3.05, 3.63) is 56.7 Å². The molecule has 0 bridgehead atoms. The minimum Gasteiger partial charge on any atom is -0.379 e. The molecule has 1 fully saturated rings. The summed E-state index contributed by atoms with van der Waals surface area (Å²) < 4.78 is 33.0. The van der Waals surface area contributed by atoms with E-state index in [0.717, 1.165) is 4.57 Å². The molecule has 2 heterocycles. The molecule has 0 atom stereocenters. The number of nitrogens with one attached hydrogen (secondary N) is 1. The number of hydrogen-bond donors (Lipinski definition) is 1. The number of hydrazone groups is 1. The number of aromatic nitrogens is 2. The van der Waals surface area contributed by atoms with Crippen LogP contribution in [0.25, 0.3) is 0 Å². The third kappa shape index (κ3) is 4.21. The Morgan fingerprint density at radius 2 is 1.93 bits per heavy atom. The lowest BCUT2D eigenvalue weighted by Gasteiger charge is -2.26. The quantitative estimate of drug-likeness (QED) is 0.531. The zero-order valence-corrected chi connectivity index (χ0v) is 16.3. The number of nitrogens with zero attached hydrogens (tertiary/aromatic N) is 4. The maximum atomic E-state index is 12.7. The zero-order chi connectivity index (χ0) is 20.3. The fourth-order valence-corrected chi connectivity index (χ4v) is 4.09. The molecule has 150 valence electrons. The third-order valence-electron chi connectivity index (χ3n) is 4.32. The molecule has 0 spiro atoms. The van der Waals surface area contributed by atoms with Gasteiger partial charge in [-0.15, -0.1) is 0 Å². The Morgan fingerprint density at radius 3 is 2.61 bits per heavy atom. The van der Waals surface area contributed by atoms with Gasteiger partial charge in [0, 0.05) is 33.3 Å². The van der Waals surface area contributed by atoms with Crippen LogP contribution in [0.1, 0.15) is 5.56 Å². The number of ether oxygens (including phenoxy) is 1. The Labute approximate surface area is 161 Å². The molecule has 1 saturated heterocycles. The van der Waals surface area contributed by atoms with Gasteiger partial charge in [0.05, 0.1) is 24.3 Å². The molecule has 10 nitrogen and oxygen atoms in total. The second kappa shape index (κ2) is 8.09. The molecular weight excluding hydrogens is 386 g/mol. The first-order chi connectivity index (χ1) is 13.3. The van der Waals surface area contributed by atoms with Crippen molar-refractivity contribution in [2.75, 3.05) is 38.4 Å². The van der Waals surface area contributed by atoms with Crippen molar-refractivity contribution in [1.29, 1.82) is 0 Å². The fourth-order valence-electron chi connectivity index (χ4n) is 2.62. The summed E-state index contributed by atoms with van der Waals surface area (Å²) in [6.07, 6.45) is 1.45. The average molecular weight is 407 g/mol. The van der Waals surface area contributed by atoms with E-state index in [1.165, 1.54) is 40.8 Å². The summed E-state index contributed by atoms with van der Waals surface area (Å²) in [5.41, 5.74) is -0.449. The van der Waals surface area contributed by atoms with Crippen LogP contribution in [-0.4, -0.2) is 61.8 Å². The van der Waals surface area contributed by atoms with Crippen LogP contribution in [0.4, 0.5) is 5.82 Å². The first-order valence-corrected chi connectivity index (χ1v) is 9.99. The number of sulfonamides is 1. The molecule has 1 aromatic carbocycles. The van der Waals surface area contributed by atoms with Gasteiger partial charge >= 0.3 is 5.69 Å². The summed E-state index contributed by atoms with van der Waals surface area (Å²) in [7, 11) is -0.670. The molecule has 28 heavy (non-hydrogen) atoms. The molecular formula is C17H21N5O5S. The van der Waals surface area contributed by atoms with Gasteiger partial charge in [0.1, 0.15) is 5.82 Å². The van der Waals surface area contributed by atoms with Crippen molar-refractivity contribution in [3.8, 4) is 0 Å². The van der Waals surface area contributed by atoms with E-state index in [1.54, 1.807) is 19.2 Å². The SMILES string of the molecule is CN(/N=C/c1cccc(S(=O)(=O)N2CCOCC2)c1)c1cc(=O)n(C)c(=O)[nH]1. The maximum Gasteiger partial charge on any atom is 0.329 e. The normalized spacial score (nSPS) is 15.8. The lowest BCUT2D eigenvalue weighted by molar-refractivity contribution is 0.0730. The Kier molecular flexibility index (Phi) is 5.77. The van der Waals surface area contributed by atoms with Gasteiger partial charge in [-0.1, -0.05) is 12.1 Å². The topological polar surface area (TPSA) is 117 Å². The Hall–Kier alpha value is -2.76. The van der Waals surface area contributed by atoms with Crippen LogP contribution >= 0.6 is 0 Å². The van der Waals surface area contributed by atoms with E-state index >= 15 is 0 Å². The molecule has 0 radical (unpaired) electrons. The van der Waals surface area contributed by atoms with E-state index in [1.807, 2.05) is 0 Å². The Balaban J connectivity index is 1.82. The summed E-state index contributed by atoms with van der Waals surface area (Å²) >= 11 is 0. The Morgan fingerprint density at radius 1 is 1.21 bits per heavy atom. The van der Waals surface area contributed by atoms with Gasteiger partial charge in [-0.3, -0.25) is 19.4 Å². The molecule has 1 N–H and O–H groups in total. The molecule has 0 unspecified atom stereocenters. The van der Waals surface area contributed by atoms with E-state index in [-0.39, 0.29) is 10.7 Å². The van der Waals surface area contributed by atoms with E-state index in [0.29, 0.717) is 31.9 Å². The fraction of sp³-hybridized carbons (Fsp3) is 0.353. The number of aromatic amines is 1. The van der Waals surface area contributed by atoms with E-state index in [9.17, 15) is 18.0 Å². The Bertz CT molecular complexity index is 1070. The van der Waals surface area contributed by atoms with Gasteiger partial charge < -0.3 is 4.74 Å². The van der Waals surface area contributed by atoms with Crippen LogP contribution in [0.5, 0.6) is 0 Å². The highest BCUT2D eigenvalue weighted by atomic mass is 32.2. The number of benzene rings is 1. The molecule has 0 saturated carbocycles. The monoisotopic (exact) mass is 407 g/mol. The third-order valence-corrected chi connectivity index (χ3v) is 6.22. The summed E-state index contributed by atoms with van der Waals surface area (Å²) in [5.74, 6) is 0.224. The van der Waals surface area contributed by atoms with Gasteiger partial charge in [-0.25, -0.2) is 13.2 Å². The minimum atomic E-state index is -3.60. The van der Waals surface area contributed by atoms with Crippen molar-refractivity contribution >= 4 is 22.1 Å².